The predicted octanol–water partition coefficient (Wildman–Crippen LogP) is 2.20. The first-order chi connectivity index (χ1) is 13.1. The maximum atomic E-state index is 14.2. The summed E-state index contributed by atoms with van der Waals surface area (Å²) in [6.45, 7) is 9.56. The molecule has 2 heterocycles. The fourth-order valence-electron chi connectivity index (χ4n) is 3.80. The highest BCUT2D eigenvalue weighted by atomic mass is 19.1. The molecule has 1 aromatic carbocycles. The number of carbonyl (C=O) groups excluding carboxylic acids is 3. The lowest BCUT2D eigenvalue weighted by Crippen LogP contribution is -2.54. The van der Waals surface area contributed by atoms with Crippen molar-refractivity contribution in [3.8, 4) is 0 Å². The molecule has 3 rings (SSSR count). The van der Waals surface area contributed by atoms with Gasteiger partial charge in [-0.15, -0.1) is 0 Å². The van der Waals surface area contributed by atoms with Gasteiger partial charge in [-0.25, -0.2) is 4.39 Å². The number of hydrogen-bond donors (Lipinski definition) is 0. The molecule has 2 aliphatic heterocycles. The van der Waals surface area contributed by atoms with E-state index in [2.05, 4.69) is 0 Å². The molecule has 2 fully saturated rings. The molecule has 0 aromatic heterocycles. The van der Waals surface area contributed by atoms with E-state index in [0.29, 0.717) is 26.2 Å². The number of benzene rings is 1. The molecule has 0 radical (unpaired) electrons. The average molecular weight is 389 g/mol. The molecule has 152 valence electrons. The number of anilines is 1. The van der Waals surface area contributed by atoms with E-state index in [9.17, 15) is 18.8 Å². The average Bonchev–Trinajstić information content (AvgIpc) is 3.01. The van der Waals surface area contributed by atoms with Gasteiger partial charge in [0.2, 0.25) is 17.7 Å². The van der Waals surface area contributed by atoms with Crippen molar-refractivity contribution in [2.45, 2.75) is 34.1 Å². The smallest absolute Gasteiger partial charge is 0.228 e. The van der Waals surface area contributed by atoms with Crippen molar-refractivity contribution < 1.29 is 18.8 Å². The van der Waals surface area contributed by atoms with Crippen LogP contribution in [0.4, 0.5) is 10.1 Å². The van der Waals surface area contributed by atoms with Crippen LogP contribution >= 0.6 is 0 Å². The van der Waals surface area contributed by atoms with E-state index in [1.54, 1.807) is 28.9 Å². The standard InChI is InChI=1S/C21H28FN3O3/c1-14-5-6-17(16(22)11-14)25-13-15(12-18(25)26)19(27)23-7-9-24(10-8-23)20(28)21(2,3)4/h5-6,11,15H,7-10,12-13H2,1-4H3. The summed E-state index contributed by atoms with van der Waals surface area (Å²) in [6.07, 6.45) is 0.0906. The Morgan fingerprint density at radius 2 is 1.68 bits per heavy atom. The van der Waals surface area contributed by atoms with Crippen LogP contribution in [-0.2, 0) is 14.4 Å². The van der Waals surface area contributed by atoms with E-state index in [1.165, 1.54) is 11.0 Å². The minimum atomic E-state index is -0.474. The Hall–Kier alpha value is -2.44. The summed E-state index contributed by atoms with van der Waals surface area (Å²) < 4.78 is 14.2. The first-order valence-corrected chi connectivity index (χ1v) is 9.72. The number of piperazine rings is 1. The molecule has 28 heavy (non-hydrogen) atoms. The zero-order chi connectivity index (χ0) is 20.6. The number of amides is 3. The minimum Gasteiger partial charge on any atom is -0.339 e. The van der Waals surface area contributed by atoms with E-state index in [4.69, 9.17) is 0 Å². The van der Waals surface area contributed by atoms with Crippen molar-refractivity contribution in [1.29, 1.82) is 0 Å². The number of aryl methyl sites for hydroxylation is 1. The Morgan fingerprint density at radius 1 is 1.07 bits per heavy atom. The molecule has 1 aromatic rings. The Kier molecular flexibility index (Phi) is 5.46. The van der Waals surface area contributed by atoms with Crippen LogP contribution in [0.15, 0.2) is 18.2 Å². The fourth-order valence-corrected chi connectivity index (χ4v) is 3.80. The monoisotopic (exact) mass is 389 g/mol. The second kappa shape index (κ2) is 7.53. The summed E-state index contributed by atoms with van der Waals surface area (Å²) in [7, 11) is 0. The van der Waals surface area contributed by atoms with Gasteiger partial charge in [0.05, 0.1) is 11.6 Å². The van der Waals surface area contributed by atoms with Gasteiger partial charge in [0.25, 0.3) is 0 Å². The molecule has 0 spiro atoms. The van der Waals surface area contributed by atoms with E-state index in [-0.39, 0.29) is 36.4 Å². The van der Waals surface area contributed by atoms with Crippen molar-refractivity contribution in [3.63, 3.8) is 0 Å². The fraction of sp³-hybridized carbons (Fsp3) is 0.571. The number of halogens is 1. The van der Waals surface area contributed by atoms with Gasteiger partial charge in [0, 0.05) is 44.6 Å². The quantitative estimate of drug-likeness (QED) is 0.779. The summed E-state index contributed by atoms with van der Waals surface area (Å²) in [4.78, 5) is 42.6. The van der Waals surface area contributed by atoms with Gasteiger partial charge >= 0.3 is 0 Å². The lowest BCUT2D eigenvalue weighted by Gasteiger charge is -2.38. The summed E-state index contributed by atoms with van der Waals surface area (Å²) in [5.41, 5.74) is 0.567. The van der Waals surface area contributed by atoms with Gasteiger partial charge in [-0.1, -0.05) is 26.8 Å². The van der Waals surface area contributed by atoms with E-state index in [1.807, 2.05) is 20.8 Å². The highest BCUT2D eigenvalue weighted by Crippen LogP contribution is 2.29. The lowest BCUT2D eigenvalue weighted by atomic mass is 9.94. The maximum absolute atomic E-state index is 14.2. The normalized spacial score (nSPS) is 20.7. The Labute approximate surface area is 165 Å². The molecule has 1 atom stereocenters. The van der Waals surface area contributed by atoms with Crippen LogP contribution in [0.5, 0.6) is 0 Å². The van der Waals surface area contributed by atoms with Crippen LogP contribution in [0.3, 0.4) is 0 Å². The number of hydrogen-bond acceptors (Lipinski definition) is 3. The van der Waals surface area contributed by atoms with Gasteiger partial charge in [0.1, 0.15) is 5.82 Å². The minimum absolute atomic E-state index is 0.0802. The summed E-state index contributed by atoms with van der Waals surface area (Å²) in [5.74, 6) is -1.17. The van der Waals surface area contributed by atoms with Crippen LogP contribution in [0, 0.1) is 24.1 Å². The second-order valence-corrected chi connectivity index (χ2v) is 8.73. The molecule has 2 saturated heterocycles. The lowest BCUT2D eigenvalue weighted by molar-refractivity contribution is -0.146. The van der Waals surface area contributed by atoms with Gasteiger partial charge in [-0.2, -0.15) is 0 Å². The third-order valence-corrected chi connectivity index (χ3v) is 5.39. The third-order valence-electron chi connectivity index (χ3n) is 5.39. The number of rotatable bonds is 2. The van der Waals surface area contributed by atoms with Gasteiger partial charge in [-0.05, 0) is 24.6 Å². The largest absolute Gasteiger partial charge is 0.339 e. The first kappa shape index (κ1) is 20.3. The molecule has 0 bridgehead atoms. The first-order valence-electron chi connectivity index (χ1n) is 9.72. The van der Waals surface area contributed by atoms with Gasteiger partial charge < -0.3 is 14.7 Å². The van der Waals surface area contributed by atoms with Gasteiger partial charge in [-0.3, -0.25) is 14.4 Å². The Morgan fingerprint density at radius 3 is 2.25 bits per heavy atom. The van der Waals surface area contributed by atoms with E-state index < -0.39 is 17.2 Å². The predicted molar refractivity (Wildman–Crippen MR) is 104 cm³/mol. The Balaban J connectivity index is 1.62. The van der Waals surface area contributed by atoms with Crippen LogP contribution < -0.4 is 4.90 Å². The van der Waals surface area contributed by atoms with Crippen LogP contribution in [-0.4, -0.2) is 60.2 Å². The second-order valence-electron chi connectivity index (χ2n) is 8.73. The highest BCUT2D eigenvalue weighted by molar-refractivity contribution is 6.00. The third kappa shape index (κ3) is 4.03. The van der Waals surface area contributed by atoms with Crippen LogP contribution in [0.1, 0.15) is 32.8 Å². The summed E-state index contributed by atoms with van der Waals surface area (Å²) in [6, 6.07) is 4.74. The molecule has 0 saturated carbocycles. The molecule has 2 aliphatic rings. The van der Waals surface area contributed by atoms with Crippen molar-refractivity contribution in [3.05, 3.63) is 29.6 Å². The molecule has 0 aliphatic carbocycles. The number of carbonyl (C=O) groups is 3. The zero-order valence-electron chi connectivity index (χ0n) is 17.0. The van der Waals surface area contributed by atoms with Crippen LogP contribution in [0.2, 0.25) is 0 Å². The van der Waals surface area contributed by atoms with Gasteiger partial charge in [0.15, 0.2) is 0 Å². The van der Waals surface area contributed by atoms with E-state index in [0.717, 1.165) is 5.56 Å². The summed E-state index contributed by atoms with van der Waals surface area (Å²) in [5, 5.41) is 0. The molecular weight excluding hydrogens is 361 g/mol. The maximum Gasteiger partial charge on any atom is 0.228 e. The molecule has 0 N–H and O–H groups in total. The van der Waals surface area contributed by atoms with Crippen molar-refractivity contribution in [2.24, 2.45) is 11.3 Å². The van der Waals surface area contributed by atoms with Crippen molar-refractivity contribution >= 4 is 23.4 Å². The number of nitrogens with zero attached hydrogens (tertiary/aromatic N) is 3. The Bertz CT molecular complexity index is 795. The summed E-state index contributed by atoms with van der Waals surface area (Å²) >= 11 is 0. The van der Waals surface area contributed by atoms with Crippen LogP contribution in [0.25, 0.3) is 0 Å². The molecule has 1 unspecified atom stereocenters. The molecule has 7 heteroatoms. The van der Waals surface area contributed by atoms with Crippen molar-refractivity contribution in [2.75, 3.05) is 37.6 Å². The zero-order valence-corrected chi connectivity index (χ0v) is 17.0. The van der Waals surface area contributed by atoms with Crippen molar-refractivity contribution in [1.82, 2.24) is 9.80 Å². The molecular formula is C21H28FN3O3. The van der Waals surface area contributed by atoms with E-state index >= 15 is 0 Å². The topological polar surface area (TPSA) is 60.9 Å². The molecule has 3 amide bonds. The molecule has 6 nitrogen and oxygen atoms in total. The highest BCUT2D eigenvalue weighted by Gasteiger charge is 2.39. The SMILES string of the molecule is Cc1ccc(N2CC(C(=O)N3CCN(C(=O)C(C)(C)C)CC3)CC2=O)c(F)c1.